The van der Waals surface area contributed by atoms with Crippen LogP contribution in [0.2, 0.25) is 0 Å². The third-order valence-electron chi connectivity index (χ3n) is 3.12. The predicted molar refractivity (Wildman–Crippen MR) is 84.6 cm³/mol. The van der Waals surface area contributed by atoms with E-state index in [9.17, 15) is 0 Å². The molecule has 7 heteroatoms. The predicted octanol–water partition coefficient (Wildman–Crippen LogP) is 2.57. The Morgan fingerprint density at radius 1 is 1.14 bits per heavy atom. The van der Waals surface area contributed by atoms with Crippen molar-refractivity contribution in [2.75, 3.05) is 17.7 Å². The number of nitrogens with zero attached hydrogens (tertiary/aromatic N) is 4. The van der Waals surface area contributed by atoms with Crippen LogP contribution in [0, 0.1) is 6.92 Å². The Bertz CT molecular complexity index is 768. The van der Waals surface area contributed by atoms with Crippen LogP contribution in [-0.2, 0) is 0 Å². The summed E-state index contributed by atoms with van der Waals surface area (Å²) in [4.78, 5) is 10.3. The number of rotatable bonds is 4. The molecule has 0 bridgehead atoms. The minimum absolute atomic E-state index is 0.350. The van der Waals surface area contributed by atoms with E-state index in [2.05, 4.69) is 20.2 Å². The van der Waals surface area contributed by atoms with Gasteiger partial charge in [0.05, 0.1) is 19.5 Å². The quantitative estimate of drug-likeness (QED) is 0.768. The van der Waals surface area contributed by atoms with Gasteiger partial charge in [-0.2, -0.15) is 5.10 Å². The van der Waals surface area contributed by atoms with Crippen LogP contribution in [0.1, 0.15) is 5.69 Å². The van der Waals surface area contributed by atoms with Gasteiger partial charge in [-0.15, -0.1) is 0 Å². The summed E-state index contributed by atoms with van der Waals surface area (Å²) in [5.41, 5.74) is 7.59. The standard InChI is InChI=1S/C15H16N6O/c1-10-7-14(20-19-10)21(15-9-17-8-13(16)18-15)11-3-5-12(22-2)6-4-11/h3-9H,1-2H3,(H2,16,18)(H,19,20). The van der Waals surface area contributed by atoms with Crippen LogP contribution in [0.4, 0.5) is 23.1 Å². The van der Waals surface area contributed by atoms with Gasteiger partial charge in [0.2, 0.25) is 0 Å². The molecule has 3 rings (SSSR count). The van der Waals surface area contributed by atoms with E-state index < -0.39 is 0 Å². The lowest BCUT2D eigenvalue weighted by Gasteiger charge is -2.21. The van der Waals surface area contributed by atoms with Crippen LogP contribution in [0.5, 0.6) is 5.75 Å². The lowest BCUT2D eigenvalue weighted by molar-refractivity contribution is 0.415. The van der Waals surface area contributed by atoms with Crippen molar-refractivity contribution in [1.29, 1.82) is 0 Å². The van der Waals surface area contributed by atoms with E-state index in [1.807, 2.05) is 42.2 Å². The zero-order valence-corrected chi connectivity index (χ0v) is 12.3. The molecule has 2 aromatic heterocycles. The van der Waals surface area contributed by atoms with Gasteiger partial charge in [-0.25, -0.2) is 4.98 Å². The minimum atomic E-state index is 0.350. The number of hydrogen-bond acceptors (Lipinski definition) is 6. The van der Waals surface area contributed by atoms with Gasteiger partial charge in [0.15, 0.2) is 11.6 Å². The second-order valence-corrected chi connectivity index (χ2v) is 4.74. The van der Waals surface area contributed by atoms with Gasteiger partial charge < -0.3 is 10.5 Å². The molecule has 0 aliphatic rings. The summed E-state index contributed by atoms with van der Waals surface area (Å²) in [6.07, 6.45) is 3.15. The monoisotopic (exact) mass is 296 g/mol. The fourth-order valence-electron chi connectivity index (χ4n) is 2.11. The molecule has 0 radical (unpaired) electrons. The maximum atomic E-state index is 5.75. The fraction of sp³-hybridized carbons (Fsp3) is 0.133. The summed E-state index contributed by atoms with van der Waals surface area (Å²) in [6, 6.07) is 9.53. The Morgan fingerprint density at radius 3 is 2.50 bits per heavy atom. The molecule has 1 aromatic carbocycles. The number of nitrogen functional groups attached to an aromatic ring is 1. The number of nitrogens with two attached hydrogens (primary N) is 1. The number of H-pyrrole nitrogens is 1. The summed E-state index contributed by atoms with van der Waals surface area (Å²) in [7, 11) is 1.63. The van der Waals surface area contributed by atoms with Gasteiger partial charge >= 0.3 is 0 Å². The number of benzene rings is 1. The second kappa shape index (κ2) is 5.72. The van der Waals surface area contributed by atoms with E-state index in [1.165, 1.54) is 6.20 Å². The SMILES string of the molecule is COc1ccc(N(c2cc(C)[nH]n2)c2cncc(N)n2)cc1. The smallest absolute Gasteiger partial charge is 0.160 e. The van der Waals surface area contributed by atoms with Crippen LogP contribution in [-0.4, -0.2) is 27.3 Å². The minimum Gasteiger partial charge on any atom is -0.497 e. The third-order valence-corrected chi connectivity index (χ3v) is 3.12. The zero-order chi connectivity index (χ0) is 15.5. The molecule has 112 valence electrons. The molecule has 0 spiro atoms. The molecule has 0 amide bonds. The third kappa shape index (κ3) is 2.69. The van der Waals surface area contributed by atoms with Gasteiger partial charge in [-0.05, 0) is 31.2 Å². The highest BCUT2D eigenvalue weighted by molar-refractivity contribution is 5.72. The molecule has 0 saturated carbocycles. The number of nitrogens with one attached hydrogen (secondary N) is 1. The largest absolute Gasteiger partial charge is 0.497 e. The number of aryl methyl sites for hydroxylation is 1. The highest BCUT2D eigenvalue weighted by Crippen LogP contribution is 2.32. The van der Waals surface area contributed by atoms with Crippen molar-refractivity contribution in [3.05, 3.63) is 48.4 Å². The Balaban J connectivity index is 2.09. The van der Waals surface area contributed by atoms with Crippen LogP contribution >= 0.6 is 0 Å². The molecular formula is C15H16N6O. The first-order chi connectivity index (χ1) is 10.7. The molecule has 3 aromatic rings. The number of aromatic amines is 1. The van der Waals surface area contributed by atoms with E-state index in [0.717, 1.165) is 17.1 Å². The van der Waals surface area contributed by atoms with Gasteiger partial charge in [-0.3, -0.25) is 15.0 Å². The first-order valence-corrected chi connectivity index (χ1v) is 6.71. The van der Waals surface area contributed by atoms with Gasteiger partial charge in [0, 0.05) is 17.4 Å². The second-order valence-electron chi connectivity index (χ2n) is 4.74. The molecular weight excluding hydrogens is 280 g/mol. The van der Waals surface area contributed by atoms with E-state index in [1.54, 1.807) is 13.3 Å². The number of hydrogen-bond donors (Lipinski definition) is 2. The lowest BCUT2D eigenvalue weighted by atomic mass is 10.2. The molecule has 0 saturated heterocycles. The van der Waals surface area contributed by atoms with E-state index in [4.69, 9.17) is 10.5 Å². The molecule has 0 unspecified atom stereocenters. The first kappa shape index (κ1) is 13.9. The zero-order valence-electron chi connectivity index (χ0n) is 12.3. The summed E-state index contributed by atoms with van der Waals surface area (Å²) < 4.78 is 5.20. The highest BCUT2D eigenvalue weighted by atomic mass is 16.5. The van der Waals surface area contributed by atoms with Crippen molar-refractivity contribution in [3.8, 4) is 5.75 Å². The van der Waals surface area contributed by atoms with Crippen LogP contribution in [0.15, 0.2) is 42.7 Å². The molecule has 22 heavy (non-hydrogen) atoms. The molecule has 7 nitrogen and oxygen atoms in total. The van der Waals surface area contributed by atoms with E-state index >= 15 is 0 Å². The average Bonchev–Trinajstić information content (AvgIpc) is 2.94. The summed E-state index contributed by atoms with van der Waals surface area (Å²) in [5, 5.41) is 7.23. The normalized spacial score (nSPS) is 10.5. The van der Waals surface area contributed by atoms with Crippen molar-refractivity contribution in [2.24, 2.45) is 0 Å². The number of methoxy groups -OCH3 is 1. The molecule has 0 aliphatic carbocycles. The van der Waals surface area contributed by atoms with Gasteiger partial charge in [0.1, 0.15) is 11.6 Å². The summed E-state index contributed by atoms with van der Waals surface area (Å²) >= 11 is 0. The van der Waals surface area contributed by atoms with Crippen molar-refractivity contribution in [3.63, 3.8) is 0 Å². The Labute approximate surface area is 127 Å². The van der Waals surface area contributed by atoms with Crippen molar-refractivity contribution < 1.29 is 4.74 Å². The summed E-state index contributed by atoms with van der Waals surface area (Å²) in [6.45, 7) is 1.94. The average molecular weight is 296 g/mol. The Hall–Kier alpha value is -3.09. The first-order valence-electron chi connectivity index (χ1n) is 6.71. The number of aromatic nitrogens is 4. The highest BCUT2D eigenvalue weighted by Gasteiger charge is 2.17. The van der Waals surface area contributed by atoms with Crippen molar-refractivity contribution >= 4 is 23.1 Å². The number of ether oxygens (including phenoxy) is 1. The number of anilines is 4. The van der Waals surface area contributed by atoms with Gasteiger partial charge in [-0.1, -0.05) is 0 Å². The van der Waals surface area contributed by atoms with E-state index in [-0.39, 0.29) is 0 Å². The van der Waals surface area contributed by atoms with Crippen molar-refractivity contribution in [1.82, 2.24) is 20.2 Å². The molecule has 0 fully saturated rings. The maximum absolute atomic E-state index is 5.75. The maximum Gasteiger partial charge on any atom is 0.160 e. The van der Waals surface area contributed by atoms with Crippen LogP contribution < -0.4 is 15.4 Å². The van der Waals surface area contributed by atoms with Crippen molar-refractivity contribution in [2.45, 2.75) is 6.92 Å². The fourth-order valence-corrected chi connectivity index (χ4v) is 2.11. The van der Waals surface area contributed by atoms with Crippen LogP contribution in [0.3, 0.4) is 0 Å². The topological polar surface area (TPSA) is 93.0 Å². The van der Waals surface area contributed by atoms with E-state index in [0.29, 0.717) is 17.5 Å². The Kier molecular flexibility index (Phi) is 3.61. The Morgan fingerprint density at radius 2 is 1.91 bits per heavy atom. The van der Waals surface area contributed by atoms with Crippen LogP contribution in [0.25, 0.3) is 0 Å². The molecule has 0 aliphatic heterocycles. The molecule has 3 N–H and O–H groups in total. The summed E-state index contributed by atoms with van der Waals surface area (Å²) in [5.74, 6) is 2.43. The molecule has 0 atom stereocenters. The molecule has 2 heterocycles. The van der Waals surface area contributed by atoms with Gasteiger partial charge in [0.25, 0.3) is 0 Å². The lowest BCUT2D eigenvalue weighted by Crippen LogP contribution is -2.13.